The van der Waals surface area contributed by atoms with Gasteiger partial charge in [0.2, 0.25) is 5.91 Å². The van der Waals surface area contributed by atoms with E-state index in [-0.39, 0.29) is 17.1 Å². The van der Waals surface area contributed by atoms with Gasteiger partial charge in [-0.3, -0.25) is 4.79 Å². The molecule has 0 saturated carbocycles. The highest BCUT2D eigenvalue weighted by Crippen LogP contribution is 2.36. The SMILES string of the molecule is CCCc1ccnc(NC(=O)Cc2ccc(B3OC(C)(C)C(C)(C)O3)cc2)c1. The molecule has 1 aromatic carbocycles. The number of benzene rings is 1. The molecule has 1 aliphatic heterocycles. The first kappa shape index (κ1) is 20.6. The number of amides is 1. The number of aryl methyl sites for hydroxylation is 1. The Hall–Kier alpha value is -2.18. The Balaban J connectivity index is 1.60. The minimum atomic E-state index is -0.390. The van der Waals surface area contributed by atoms with Crippen LogP contribution >= 0.6 is 0 Å². The molecule has 1 aromatic heterocycles. The van der Waals surface area contributed by atoms with Crippen LogP contribution in [0.5, 0.6) is 0 Å². The second-order valence-corrected chi connectivity index (χ2v) is 8.35. The van der Waals surface area contributed by atoms with Gasteiger partial charge in [-0.2, -0.15) is 0 Å². The molecular formula is C22H29BN2O3. The van der Waals surface area contributed by atoms with Gasteiger partial charge < -0.3 is 14.6 Å². The molecule has 0 spiro atoms. The average Bonchev–Trinajstić information content (AvgIpc) is 2.84. The molecule has 2 aromatic rings. The number of aromatic nitrogens is 1. The summed E-state index contributed by atoms with van der Waals surface area (Å²) in [6.45, 7) is 10.3. The maximum Gasteiger partial charge on any atom is 0.494 e. The van der Waals surface area contributed by atoms with Gasteiger partial charge in [-0.15, -0.1) is 0 Å². The second kappa shape index (κ2) is 8.06. The lowest BCUT2D eigenvalue weighted by molar-refractivity contribution is -0.115. The monoisotopic (exact) mass is 380 g/mol. The van der Waals surface area contributed by atoms with E-state index < -0.39 is 7.12 Å². The van der Waals surface area contributed by atoms with Crippen LogP contribution < -0.4 is 10.8 Å². The molecule has 1 fully saturated rings. The fourth-order valence-electron chi connectivity index (χ4n) is 3.13. The van der Waals surface area contributed by atoms with E-state index in [9.17, 15) is 4.79 Å². The summed E-state index contributed by atoms with van der Waals surface area (Å²) < 4.78 is 12.1. The Kier molecular flexibility index (Phi) is 5.91. The van der Waals surface area contributed by atoms with Crippen LogP contribution in [0.3, 0.4) is 0 Å². The van der Waals surface area contributed by atoms with Crippen molar-refractivity contribution < 1.29 is 14.1 Å². The summed E-state index contributed by atoms with van der Waals surface area (Å²) in [5, 5.41) is 2.88. The molecule has 1 N–H and O–H groups in total. The normalized spacial score (nSPS) is 17.5. The maximum atomic E-state index is 12.4. The predicted octanol–water partition coefficient (Wildman–Crippen LogP) is 3.51. The number of carbonyl (C=O) groups excluding carboxylic acids is 1. The molecule has 5 nitrogen and oxygen atoms in total. The van der Waals surface area contributed by atoms with E-state index in [1.807, 2.05) is 64.1 Å². The fraction of sp³-hybridized carbons (Fsp3) is 0.455. The first-order chi connectivity index (χ1) is 13.2. The third-order valence-electron chi connectivity index (χ3n) is 5.50. The van der Waals surface area contributed by atoms with Gasteiger partial charge in [0, 0.05) is 6.20 Å². The van der Waals surface area contributed by atoms with E-state index >= 15 is 0 Å². The van der Waals surface area contributed by atoms with Crippen LogP contribution in [0.1, 0.15) is 52.2 Å². The molecule has 6 heteroatoms. The lowest BCUT2D eigenvalue weighted by Gasteiger charge is -2.32. The lowest BCUT2D eigenvalue weighted by Crippen LogP contribution is -2.41. The molecule has 1 aliphatic rings. The van der Waals surface area contributed by atoms with Crippen LogP contribution in [0.25, 0.3) is 0 Å². The van der Waals surface area contributed by atoms with E-state index in [1.54, 1.807) is 6.20 Å². The van der Waals surface area contributed by atoms with Crippen LogP contribution in [0.4, 0.5) is 5.82 Å². The van der Waals surface area contributed by atoms with Gasteiger partial charge in [0.25, 0.3) is 0 Å². The predicted molar refractivity (Wildman–Crippen MR) is 113 cm³/mol. The van der Waals surface area contributed by atoms with Gasteiger partial charge in [-0.05, 0) is 62.8 Å². The highest BCUT2D eigenvalue weighted by atomic mass is 16.7. The maximum absolute atomic E-state index is 12.4. The van der Waals surface area contributed by atoms with Crippen molar-refractivity contribution in [3.05, 3.63) is 53.7 Å². The number of nitrogens with zero attached hydrogens (tertiary/aromatic N) is 1. The highest BCUT2D eigenvalue weighted by Gasteiger charge is 2.51. The number of pyridine rings is 1. The Morgan fingerprint density at radius 3 is 2.29 bits per heavy atom. The molecular weight excluding hydrogens is 351 g/mol. The molecule has 148 valence electrons. The first-order valence-corrected chi connectivity index (χ1v) is 9.89. The largest absolute Gasteiger partial charge is 0.494 e. The zero-order chi connectivity index (χ0) is 20.4. The molecule has 1 amide bonds. The number of hydrogen-bond donors (Lipinski definition) is 1. The van der Waals surface area contributed by atoms with Gasteiger partial charge in [-0.25, -0.2) is 4.98 Å². The molecule has 0 bridgehead atoms. The number of nitrogens with one attached hydrogen (secondary N) is 1. The van der Waals surface area contributed by atoms with Crippen molar-refractivity contribution in [1.82, 2.24) is 4.98 Å². The van der Waals surface area contributed by atoms with Gasteiger partial charge in [-0.1, -0.05) is 37.6 Å². The van der Waals surface area contributed by atoms with Gasteiger partial charge in [0.15, 0.2) is 0 Å². The quantitative estimate of drug-likeness (QED) is 0.780. The molecule has 1 saturated heterocycles. The molecule has 0 atom stereocenters. The molecule has 3 rings (SSSR count). The van der Waals surface area contributed by atoms with Crippen molar-refractivity contribution in [2.75, 3.05) is 5.32 Å². The minimum absolute atomic E-state index is 0.0791. The summed E-state index contributed by atoms with van der Waals surface area (Å²) in [5.41, 5.74) is 2.34. The number of carbonyl (C=O) groups is 1. The lowest BCUT2D eigenvalue weighted by atomic mass is 9.79. The van der Waals surface area contributed by atoms with Crippen molar-refractivity contribution in [2.45, 2.75) is 65.1 Å². The smallest absolute Gasteiger partial charge is 0.399 e. The Morgan fingerprint density at radius 2 is 1.68 bits per heavy atom. The molecule has 28 heavy (non-hydrogen) atoms. The van der Waals surface area contributed by atoms with Crippen LogP contribution in [0.2, 0.25) is 0 Å². The van der Waals surface area contributed by atoms with Crippen LogP contribution in [-0.2, 0) is 26.9 Å². The summed E-state index contributed by atoms with van der Waals surface area (Å²) in [6, 6.07) is 11.7. The Bertz CT molecular complexity index is 818. The van der Waals surface area contributed by atoms with E-state index in [0.717, 1.165) is 23.9 Å². The van der Waals surface area contributed by atoms with E-state index in [0.29, 0.717) is 12.2 Å². The fourth-order valence-corrected chi connectivity index (χ4v) is 3.13. The van der Waals surface area contributed by atoms with Crippen molar-refractivity contribution in [3.63, 3.8) is 0 Å². The summed E-state index contributed by atoms with van der Waals surface area (Å²) >= 11 is 0. The summed E-state index contributed by atoms with van der Waals surface area (Å²) in [6.07, 6.45) is 4.07. The molecule has 2 heterocycles. The third-order valence-corrected chi connectivity index (χ3v) is 5.50. The highest BCUT2D eigenvalue weighted by molar-refractivity contribution is 6.62. The summed E-state index contributed by atoms with van der Waals surface area (Å²) in [4.78, 5) is 16.6. The van der Waals surface area contributed by atoms with Crippen molar-refractivity contribution in [1.29, 1.82) is 0 Å². The van der Waals surface area contributed by atoms with Crippen molar-refractivity contribution in [2.24, 2.45) is 0 Å². The van der Waals surface area contributed by atoms with E-state index in [2.05, 4.69) is 17.2 Å². The number of hydrogen-bond acceptors (Lipinski definition) is 4. The second-order valence-electron chi connectivity index (χ2n) is 8.35. The zero-order valence-electron chi connectivity index (χ0n) is 17.4. The van der Waals surface area contributed by atoms with E-state index in [1.165, 1.54) is 5.56 Å². The standard InChI is InChI=1S/C22H29BN2O3/c1-6-7-16-12-13-24-19(14-16)25-20(26)15-17-8-10-18(11-9-17)23-27-21(2,3)22(4,5)28-23/h8-14H,6-7,15H2,1-5H3,(H,24,25,26). The Morgan fingerprint density at radius 1 is 1.04 bits per heavy atom. The summed E-state index contributed by atoms with van der Waals surface area (Å²) in [7, 11) is -0.390. The van der Waals surface area contributed by atoms with Gasteiger partial charge >= 0.3 is 7.12 Å². The molecule has 0 unspecified atom stereocenters. The number of rotatable bonds is 6. The number of anilines is 1. The van der Waals surface area contributed by atoms with Crippen LogP contribution in [0.15, 0.2) is 42.6 Å². The topological polar surface area (TPSA) is 60.5 Å². The van der Waals surface area contributed by atoms with Crippen molar-refractivity contribution in [3.8, 4) is 0 Å². The zero-order valence-corrected chi connectivity index (χ0v) is 17.4. The molecule has 0 aliphatic carbocycles. The van der Waals surface area contributed by atoms with Crippen molar-refractivity contribution >= 4 is 24.3 Å². The van der Waals surface area contributed by atoms with Crippen LogP contribution in [0, 0.1) is 0 Å². The van der Waals surface area contributed by atoms with E-state index in [4.69, 9.17) is 9.31 Å². The van der Waals surface area contributed by atoms with Crippen LogP contribution in [-0.4, -0.2) is 29.2 Å². The Labute approximate surface area is 168 Å². The average molecular weight is 380 g/mol. The summed E-state index contributed by atoms with van der Waals surface area (Å²) in [5.74, 6) is 0.523. The first-order valence-electron chi connectivity index (χ1n) is 9.89. The minimum Gasteiger partial charge on any atom is -0.399 e. The van der Waals surface area contributed by atoms with Gasteiger partial charge in [0.1, 0.15) is 5.82 Å². The molecule has 0 radical (unpaired) electrons. The third kappa shape index (κ3) is 4.62. The van der Waals surface area contributed by atoms with Gasteiger partial charge in [0.05, 0.1) is 17.6 Å².